The largest absolute Gasteiger partial charge is 0.342 e. The number of carbonyl (C=O) groups excluding carboxylic acids is 2. The number of nitrogens with one attached hydrogen (secondary N) is 1. The Balaban J connectivity index is 1.44. The van der Waals surface area contributed by atoms with Crippen LogP contribution in [-0.2, 0) is 11.3 Å². The fourth-order valence-corrected chi connectivity index (χ4v) is 3.99. The third kappa shape index (κ3) is 5.16. The van der Waals surface area contributed by atoms with Crippen LogP contribution < -0.4 is 5.32 Å². The van der Waals surface area contributed by atoms with E-state index in [1.165, 1.54) is 4.90 Å². The molecule has 1 heterocycles. The SMILES string of the molecule is CSc1cccc(CN(C)C(=O)NC[C@@H]2CCCN(C(=O)C3CC3)C2)c1. The second-order valence-electron chi connectivity index (χ2n) is 7.46. The van der Waals surface area contributed by atoms with Gasteiger partial charge in [-0.1, -0.05) is 12.1 Å². The molecule has 5 nitrogen and oxygen atoms in total. The van der Waals surface area contributed by atoms with Gasteiger partial charge in [-0.25, -0.2) is 4.79 Å². The van der Waals surface area contributed by atoms with Crippen molar-refractivity contribution in [3.8, 4) is 0 Å². The van der Waals surface area contributed by atoms with E-state index in [4.69, 9.17) is 0 Å². The number of piperidine rings is 1. The van der Waals surface area contributed by atoms with Gasteiger partial charge in [0.15, 0.2) is 0 Å². The fourth-order valence-electron chi connectivity index (χ4n) is 3.50. The number of urea groups is 1. The molecule has 1 aliphatic carbocycles. The molecule has 1 saturated heterocycles. The van der Waals surface area contributed by atoms with E-state index in [-0.39, 0.29) is 11.9 Å². The first-order valence-corrected chi connectivity index (χ1v) is 10.7. The lowest BCUT2D eigenvalue weighted by atomic mass is 9.97. The van der Waals surface area contributed by atoms with Crippen molar-refractivity contribution in [3.05, 3.63) is 29.8 Å². The monoisotopic (exact) mass is 375 g/mol. The van der Waals surface area contributed by atoms with Crippen LogP contribution in [0.3, 0.4) is 0 Å². The predicted octanol–water partition coefficient (Wildman–Crippen LogP) is 3.20. The second kappa shape index (κ2) is 8.80. The first kappa shape index (κ1) is 19.1. The van der Waals surface area contributed by atoms with Gasteiger partial charge in [-0.2, -0.15) is 0 Å². The molecule has 0 aromatic heterocycles. The summed E-state index contributed by atoms with van der Waals surface area (Å²) < 4.78 is 0. The van der Waals surface area contributed by atoms with Gasteiger partial charge in [0.25, 0.3) is 0 Å². The van der Waals surface area contributed by atoms with E-state index < -0.39 is 0 Å². The first-order chi connectivity index (χ1) is 12.6. The van der Waals surface area contributed by atoms with Gasteiger partial charge in [0.2, 0.25) is 5.91 Å². The van der Waals surface area contributed by atoms with E-state index in [9.17, 15) is 9.59 Å². The number of nitrogens with zero attached hydrogens (tertiary/aromatic N) is 2. The normalized spacial score (nSPS) is 19.9. The average Bonchev–Trinajstić information content (AvgIpc) is 3.51. The van der Waals surface area contributed by atoms with Crippen molar-refractivity contribution in [2.24, 2.45) is 11.8 Å². The molecular formula is C20H29N3O2S. The highest BCUT2D eigenvalue weighted by Gasteiger charge is 2.35. The van der Waals surface area contributed by atoms with Gasteiger partial charge >= 0.3 is 6.03 Å². The summed E-state index contributed by atoms with van der Waals surface area (Å²) in [6.07, 6.45) is 6.28. The summed E-state index contributed by atoms with van der Waals surface area (Å²) in [5.41, 5.74) is 1.13. The van der Waals surface area contributed by atoms with Crippen molar-refractivity contribution >= 4 is 23.7 Å². The zero-order valence-corrected chi connectivity index (χ0v) is 16.6. The molecule has 1 N–H and O–H groups in total. The molecule has 1 saturated carbocycles. The molecule has 0 radical (unpaired) electrons. The Morgan fingerprint density at radius 3 is 2.85 bits per heavy atom. The number of rotatable bonds is 6. The third-order valence-corrected chi connectivity index (χ3v) is 5.93. The minimum atomic E-state index is -0.0507. The van der Waals surface area contributed by atoms with Crippen molar-refractivity contribution in [2.75, 3.05) is 32.9 Å². The molecule has 142 valence electrons. The van der Waals surface area contributed by atoms with E-state index in [1.54, 1.807) is 16.7 Å². The Morgan fingerprint density at radius 1 is 1.31 bits per heavy atom. The molecule has 2 fully saturated rings. The zero-order valence-electron chi connectivity index (χ0n) is 15.7. The van der Waals surface area contributed by atoms with Gasteiger partial charge in [-0.15, -0.1) is 11.8 Å². The standard InChI is InChI=1S/C20H29N3O2S/c1-22(13-15-5-3-7-18(11-15)26-2)20(25)21-12-16-6-4-10-23(14-16)19(24)17-8-9-17/h3,5,7,11,16-17H,4,6,8-10,12-14H2,1-2H3,(H,21,25)/t16-/m0/s1. The molecule has 3 rings (SSSR count). The number of hydrogen-bond acceptors (Lipinski definition) is 3. The molecule has 0 bridgehead atoms. The summed E-state index contributed by atoms with van der Waals surface area (Å²) in [5, 5.41) is 3.05. The van der Waals surface area contributed by atoms with Gasteiger partial charge < -0.3 is 15.1 Å². The number of hydrogen-bond donors (Lipinski definition) is 1. The Hall–Kier alpha value is -1.69. The van der Waals surface area contributed by atoms with E-state index in [0.29, 0.717) is 24.9 Å². The van der Waals surface area contributed by atoms with Crippen molar-refractivity contribution in [2.45, 2.75) is 37.1 Å². The molecule has 6 heteroatoms. The molecule has 2 aliphatic rings. The number of amides is 3. The summed E-state index contributed by atoms with van der Waals surface area (Å²) in [6.45, 7) is 2.90. The number of carbonyl (C=O) groups is 2. The van der Waals surface area contributed by atoms with E-state index in [1.807, 2.05) is 24.1 Å². The van der Waals surface area contributed by atoms with Gasteiger partial charge in [0.1, 0.15) is 0 Å². The quantitative estimate of drug-likeness (QED) is 0.777. The van der Waals surface area contributed by atoms with E-state index in [0.717, 1.165) is 44.3 Å². The van der Waals surface area contributed by atoms with Gasteiger partial charge in [-0.05, 0) is 55.6 Å². The summed E-state index contributed by atoms with van der Waals surface area (Å²) in [6, 6.07) is 8.22. The van der Waals surface area contributed by atoms with E-state index in [2.05, 4.69) is 23.7 Å². The van der Waals surface area contributed by atoms with E-state index >= 15 is 0 Å². The van der Waals surface area contributed by atoms with Crippen LogP contribution in [-0.4, -0.2) is 54.7 Å². The van der Waals surface area contributed by atoms with Crippen molar-refractivity contribution in [3.63, 3.8) is 0 Å². The topological polar surface area (TPSA) is 52.7 Å². The third-order valence-electron chi connectivity index (χ3n) is 5.20. The van der Waals surface area contributed by atoms with Crippen LogP contribution in [0, 0.1) is 11.8 Å². The highest BCUT2D eigenvalue weighted by Crippen LogP contribution is 2.32. The smallest absolute Gasteiger partial charge is 0.317 e. The average molecular weight is 376 g/mol. The van der Waals surface area contributed by atoms with Crippen LogP contribution >= 0.6 is 11.8 Å². The molecule has 1 aromatic carbocycles. The summed E-state index contributed by atoms with van der Waals surface area (Å²) in [4.78, 5) is 29.6. The van der Waals surface area contributed by atoms with Crippen LogP contribution in [0.5, 0.6) is 0 Å². The maximum absolute atomic E-state index is 12.4. The molecule has 26 heavy (non-hydrogen) atoms. The highest BCUT2D eigenvalue weighted by molar-refractivity contribution is 7.98. The molecule has 0 unspecified atom stereocenters. The van der Waals surface area contributed by atoms with Gasteiger partial charge in [-0.3, -0.25) is 4.79 Å². The van der Waals surface area contributed by atoms with Crippen molar-refractivity contribution in [1.29, 1.82) is 0 Å². The van der Waals surface area contributed by atoms with Crippen LogP contribution in [0.25, 0.3) is 0 Å². The summed E-state index contributed by atoms with van der Waals surface area (Å²) >= 11 is 1.71. The molecule has 3 amide bonds. The number of thioether (sulfide) groups is 1. The van der Waals surface area contributed by atoms with Crippen molar-refractivity contribution < 1.29 is 9.59 Å². The van der Waals surface area contributed by atoms with Gasteiger partial charge in [0.05, 0.1) is 0 Å². The molecule has 1 aliphatic heterocycles. The summed E-state index contributed by atoms with van der Waals surface area (Å²) in [5.74, 6) is 0.974. The highest BCUT2D eigenvalue weighted by atomic mass is 32.2. The molecule has 1 atom stereocenters. The van der Waals surface area contributed by atoms with Crippen molar-refractivity contribution in [1.82, 2.24) is 15.1 Å². The maximum atomic E-state index is 12.4. The lowest BCUT2D eigenvalue weighted by molar-refractivity contribution is -0.134. The Bertz CT molecular complexity index is 648. The lowest BCUT2D eigenvalue weighted by Gasteiger charge is -2.33. The number of benzene rings is 1. The zero-order chi connectivity index (χ0) is 18.5. The molecule has 1 aromatic rings. The molecular weight excluding hydrogens is 346 g/mol. The minimum Gasteiger partial charge on any atom is -0.342 e. The maximum Gasteiger partial charge on any atom is 0.317 e. The van der Waals surface area contributed by atoms with Crippen LogP contribution in [0.15, 0.2) is 29.2 Å². The molecule has 0 spiro atoms. The van der Waals surface area contributed by atoms with Crippen LogP contribution in [0.2, 0.25) is 0 Å². The predicted molar refractivity (Wildman–Crippen MR) is 105 cm³/mol. The number of likely N-dealkylation sites (tertiary alicyclic amines) is 1. The first-order valence-electron chi connectivity index (χ1n) is 9.47. The Kier molecular flexibility index (Phi) is 6.46. The minimum absolute atomic E-state index is 0.0507. The summed E-state index contributed by atoms with van der Waals surface area (Å²) in [7, 11) is 1.82. The second-order valence-corrected chi connectivity index (χ2v) is 8.34. The Morgan fingerprint density at radius 2 is 2.12 bits per heavy atom. The van der Waals surface area contributed by atoms with Crippen LogP contribution in [0.4, 0.5) is 4.79 Å². The fraction of sp³-hybridized carbons (Fsp3) is 0.600. The van der Waals surface area contributed by atoms with Crippen LogP contribution in [0.1, 0.15) is 31.2 Å². The lowest BCUT2D eigenvalue weighted by Crippen LogP contribution is -2.46. The Labute approximate surface area is 160 Å². The van der Waals surface area contributed by atoms with Gasteiger partial charge in [0, 0.05) is 44.0 Å².